The lowest BCUT2D eigenvalue weighted by molar-refractivity contribution is 1.22. The lowest BCUT2D eigenvalue weighted by Crippen LogP contribution is -2.08. The van der Waals surface area contributed by atoms with E-state index in [2.05, 4.69) is 106 Å². The second-order valence-corrected chi connectivity index (χ2v) is 10.5. The molecule has 0 aliphatic heterocycles. The number of aliphatic imine (C=N–C) groups is 2. The van der Waals surface area contributed by atoms with Gasteiger partial charge in [0.05, 0.1) is 11.0 Å². The zero-order valence-electron chi connectivity index (χ0n) is 20.2. The summed E-state index contributed by atoms with van der Waals surface area (Å²) in [6.45, 7) is 5.77. The van der Waals surface area contributed by atoms with Crippen LogP contribution >= 0.6 is 11.3 Å². The summed E-state index contributed by atoms with van der Waals surface area (Å²) in [5, 5.41) is 7.68. The first kappa shape index (κ1) is 20.6. The van der Waals surface area contributed by atoms with Crippen molar-refractivity contribution >= 4 is 76.3 Å². The highest BCUT2D eigenvalue weighted by atomic mass is 32.1. The molecule has 5 aromatic carbocycles. The number of hydrogen-bond donors (Lipinski definition) is 0. The van der Waals surface area contributed by atoms with Crippen LogP contribution in [0.1, 0.15) is 6.92 Å². The average Bonchev–Trinajstić information content (AvgIpc) is 3.43. The first-order valence-electron chi connectivity index (χ1n) is 12.4. The van der Waals surface area contributed by atoms with Gasteiger partial charge in [0.25, 0.3) is 0 Å². The number of fused-ring (bicyclic) bond motifs is 6. The minimum absolute atomic E-state index is 0.618. The van der Waals surface area contributed by atoms with E-state index in [9.17, 15) is 0 Å². The first-order valence-corrected chi connectivity index (χ1v) is 13.2. The molecular formula is C33H21N3S. The van der Waals surface area contributed by atoms with E-state index in [0.29, 0.717) is 5.96 Å². The standard InChI is InChI=1S/C33H21N3S/c1-3-34-33(35-4-2)36-26-13-8-12-22-24-18-29-25(20-10-5-6-14-28(20)37-29)17-23(24)21-11-7-9-19-15-16-27(36)32(30(19)21)31(22)26/h3-18H,1H2,2H3. The van der Waals surface area contributed by atoms with Crippen molar-refractivity contribution in [1.82, 2.24) is 4.57 Å². The number of hydrogen-bond acceptors (Lipinski definition) is 2. The summed E-state index contributed by atoms with van der Waals surface area (Å²) in [4.78, 5) is 9.20. The van der Waals surface area contributed by atoms with Gasteiger partial charge in [-0.3, -0.25) is 4.57 Å². The fourth-order valence-electron chi connectivity index (χ4n) is 6.15. The van der Waals surface area contributed by atoms with E-state index in [4.69, 9.17) is 0 Å². The highest BCUT2D eigenvalue weighted by Crippen LogP contribution is 2.51. The number of benzene rings is 5. The number of nitrogens with zero attached hydrogens (tertiary/aromatic N) is 3. The molecule has 0 atom stereocenters. The molecule has 8 rings (SSSR count). The number of aromatic nitrogens is 1. The van der Waals surface area contributed by atoms with Gasteiger partial charge in [-0.05, 0) is 70.3 Å². The zero-order chi connectivity index (χ0) is 24.7. The molecule has 0 saturated heterocycles. The molecule has 2 heterocycles. The molecule has 4 heteroatoms. The predicted molar refractivity (Wildman–Crippen MR) is 161 cm³/mol. The lowest BCUT2D eigenvalue weighted by Gasteiger charge is -2.14. The molecule has 0 amide bonds. The molecule has 174 valence electrons. The van der Waals surface area contributed by atoms with Crippen molar-refractivity contribution in [3.05, 3.63) is 97.7 Å². The Balaban J connectivity index is 1.63. The van der Waals surface area contributed by atoms with Gasteiger partial charge in [-0.2, -0.15) is 0 Å². The van der Waals surface area contributed by atoms with Gasteiger partial charge in [-0.15, -0.1) is 11.3 Å². The minimum Gasteiger partial charge on any atom is -0.278 e. The molecule has 0 radical (unpaired) electrons. The molecule has 0 saturated carbocycles. The van der Waals surface area contributed by atoms with Crippen LogP contribution in [0.5, 0.6) is 0 Å². The lowest BCUT2D eigenvalue weighted by atomic mass is 9.92. The van der Waals surface area contributed by atoms with Crippen molar-refractivity contribution in [3.63, 3.8) is 0 Å². The van der Waals surface area contributed by atoms with Gasteiger partial charge in [0.15, 0.2) is 0 Å². The van der Waals surface area contributed by atoms with Gasteiger partial charge in [0.1, 0.15) is 0 Å². The summed E-state index contributed by atoms with van der Waals surface area (Å²) < 4.78 is 4.82. The van der Waals surface area contributed by atoms with E-state index in [1.165, 1.54) is 64.0 Å². The van der Waals surface area contributed by atoms with Crippen LogP contribution in [0.3, 0.4) is 0 Å². The molecular weight excluding hydrogens is 470 g/mol. The molecule has 1 aliphatic carbocycles. The van der Waals surface area contributed by atoms with Crippen molar-refractivity contribution in [2.75, 3.05) is 0 Å². The van der Waals surface area contributed by atoms with Crippen molar-refractivity contribution in [2.24, 2.45) is 9.98 Å². The summed E-state index contributed by atoms with van der Waals surface area (Å²) in [6, 6.07) is 31.3. The Bertz CT molecular complexity index is 2170. The third-order valence-electron chi connectivity index (χ3n) is 7.55. The van der Waals surface area contributed by atoms with E-state index in [0.717, 1.165) is 11.0 Å². The predicted octanol–water partition coefficient (Wildman–Crippen LogP) is 9.40. The van der Waals surface area contributed by atoms with Crippen LogP contribution in [-0.4, -0.2) is 16.7 Å². The van der Waals surface area contributed by atoms with E-state index < -0.39 is 0 Å². The Morgan fingerprint density at radius 1 is 0.730 bits per heavy atom. The monoisotopic (exact) mass is 491 g/mol. The Hall–Kier alpha value is -4.54. The van der Waals surface area contributed by atoms with Crippen molar-refractivity contribution in [2.45, 2.75) is 6.92 Å². The molecule has 0 N–H and O–H groups in total. The van der Waals surface area contributed by atoms with E-state index in [1.54, 1.807) is 12.4 Å². The smallest absolute Gasteiger partial charge is 0.234 e. The van der Waals surface area contributed by atoms with Gasteiger partial charge < -0.3 is 0 Å². The third kappa shape index (κ3) is 2.65. The minimum atomic E-state index is 0.618. The topological polar surface area (TPSA) is 29.6 Å². The third-order valence-corrected chi connectivity index (χ3v) is 8.68. The molecule has 0 unspecified atom stereocenters. The van der Waals surface area contributed by atoms with Crippen molar-refractivity contribution < 1.29 is 0 Å². The maximum Gasteiger partial charge on any atom is 0.234 e. The molecule has 0 spiro atoms. The maximum atomic E-state index is 4.63. The van der Waals surface area contributed by atoms with Crippen LogP contribution < -0.4 is 0 Å². The van der Waals surface area contributed by atoms with Crippen LogP contribution in [0.15, 0.2) is 108 Å². The second-order valence-electron chi connectivity index (χ2n) is 9.39. The zero-order valence-corrected chi connectivity index (χ0v) is 21.0. The Morgan fingerprint density at radius 3 is 2.38 bits per heavy atom. The molecule has 0 fully saturated rings. The second kappa shape index (κ2) is 7.48. The van der Waals surface area contributed by atoms with Crippen molar-refractivity contribution in [1.29, 1.82) is 0 Å². The Kier molecular flexibility index (Phi) is 4.17. The number of rotatable bonds is 1. The molecule has 1 aliphatic rings. The Morgan fingerprint density at radius 2 is 1.51 bits per heavy atom. The fourth-order valence-corrected chi connectivity index (χ4v) is 7.28. The average molecular weight is 492 g/mol. The SMILES string of the molecule is C=CN=C(N=CC)n1c2cccc3c2c2c4c(cccc4ccc21)-c1cc2c(cc1-3)sc1ccccc12. The van der Waals surface area contributed by atoms with Gasteiger partial charge in [0, 0.05) is 43.4 Å². The summed E-state index contributed by atoms with van der Waals surface area (Å²) in [7, 11) is 0. The fraction of sp³-hybridized carbons (Fsp3) is 0.0303. The van der Waals surface area contributed by atoms with Crippen LogP contribution in [0.4, 0.5) is 0 Å². The molecule has 37 heavy (non-hydrogen) atoms. The van der Waals surface area contributed by atoms with Gasteiger partial charge >= 0.3 is 0 Å². The summed E-state index contributed by atoms with van der Waals surface area (Å²) >= 11 is 1.87. The van der Waals surface area contributed by atoms with Crippen molar-refractivity contribution in [3.8, 4) is 22.3 Å². The van der Waals surface area contributed by atoms with E-state index in [1.807, 2.05) is 18.3 Å². The highest BCUT2D eigenvalue weighted by Gasteiger charge is 2.26. The molecule has 7 aromatic rings. The molecule has 0 bridgehead atoms. The quantitative estimate of drug-likeness (QED) is 0.162. The van der Waals surface area contributed by atoms with Crippen LogP contribution in [0.25, 0.3) is 75.0 Å². The van der Waals surface area contributed by atoms with Crippen LogP contribution in [0.2, 0.25) is 0 Å². The van der Waals surface area contributed by atoms with Crippen LogP contribution in [0, 0.1) is 0 Å². The largest absolute Gasteiger partial charge is 0.278 e. The first-order chi connectivity index (χ1) is 18.3. The molecule has 2 aromatic heterocycles. The summed E-state index contributed by atoms with van der Waals surface area (Å²) in [5.74, 6) is 0.618. The van der Waals surface area contributed by atoms with Gasteiger partial charge in [0.2, 0.25) is 5.96 Å². The van der Waals surface area contributed by atoms with Gasteiger partial charge in [-0.25, -0.2) is 9.98 Å². The Labute approximate surface area is 217 Å². The summed E-state index contributed by atoms with van der Waals surface area (Å²) in [6.07, 6.45) is 3.35. The maximum absolute atomic E-state index is 4.63. The van der Waals surface area contributed by atoms with E-state index in [-0.39, 0.29) is 0 Å². The molecule has 3 nitrogen and oxygen atoms in total. The van der Waals surface area contributed by atoms with E-state index >= 15 is 0 Å². The number of thiophene rings is 1. The highest BCUT2D eigenvalue weighted by molar-refractivity contribution is 7.25. The van der Waals surface area contributed by atoms with Gasteiger partial charge in [-0.1, -0.05) is 61.2 Å². The normalized spacial score (nSPS) is 13.2. The summed E-state index contributed by atoms with van der Waals surface area (Å²) in [5.41, 5.74) is 7.29. The van der Waals surface area contributed by atoms with Crippen LogP contribution in [-0.2, 0) is 0 Å².